The summed E-state index contributed by atoms with van der Waals surface area (Å²) in [6.45, 7) is 4.88. The SMILES string of the molecule is CC1(CNc2cccc(-c3ccn[nH]3)c2)COC1. The molecule has 4 heteroatoms. The summed E-state index contributed by atoms with van der Waals surface area (Å²) in [7, 11) is 0. The molecule has 2 N–H and O–H groups in total. The van der Waals surface area contributed by atoms with Crippen molar-refractivity contribution in [1.82, 2.24) is 10.2 Å². The van der Waals surface area contributed by atoms with Crippen molar-refractivity contribution in [2.24, 2.45) is 5.41 Å². The van der Waals surface area contributed by atoms with Crippen molar-refractivity contribution in [2.45, 2.75) is 6.92 Å². The largest absolute Gasteiger partial charge is 0.384 e. The Labute approximate surface area is 106 Å². The normalized spacial score (nSPS) is 17.2. The van der Waals surface area contributed by atoms with Crippen molar-refractivity contribution in [2.75, 3.05) is 25.1 Å². The van der Waals surface area contributed by atoms with E-state index in [-0.39, 0.29) is 5.41 Å². The van der Waals surface area contributed by atoms with Gasteiger partial charge in [0.05, 0.1) is 18.9 Å². The quantitative estimate of drug-likeness (QED) is 0.867. The zero-order valence-electron chi connectivity index (χ0n) is 10.4. The molecule has 1 aromatic heterocycles. The van der Waals surface area contributed by atoms with Crippen LogP contribution in [0, 0.1) is 5.41 Å². The summed E-state index contributed by atoms with van der Waals surface area (Å²) in [6, 6.07) is 10.3. The molecule has 0 atom stereocenters. The van der Waals surface area contributed by atoms with E-state index in [9.17, 15) is 0 Å². The van der Waals surface area contributed by atoms with E-state index in [4.69, 9.17) is 4.74 Å². The molecule has 4 nitrogen and oxygen atoms in total. The van der Waals surface area contributed by atoms with Crippen LogP contribution in [0.3, 0.4) is 0 Å². The summed E-state index contributed by atoms with van der Waals surface area (Å²) in [5, 5.41) is 10.4. The molecule has 3 rings (SSSR count). The van der Waals surface area contributed by atoms with Gasteiger partial charge in [0.15, 0.2) is 0 Å². The first-order valence-electron chi connectivity index (χ1n) is 6.17. The molecule has 0 saturated carbocycles. The third-order valence-corrected chi connectivity index (χ3v) is 3.29. The second-order valence-electron chi connectivity index (χ2n) is 5.21. The van der Waals surface area contributed by atoms with Gasteiger partial charge in [-0.05, 0) is 18.2 Å². The Balaban J connectivity index is 1.71. The van der Waals surface area contributed by atoms with E-state index in [1.54, 1.807) is 6.20 Å². The monoisotopic (exact) mass is 243 g/mol. The van der Waals surface area contributed by atoms with Crippen LogP contribution in [0.15, 0.2) is 36.5 Å². The first-order chi connectivity index (χ1) is 8.75. The lowest BCUT2D eigenvalue weighted by molar-refractivity contribution is -0.0924. The summed E-state index contributed by atoms with van der Waals surface area (Å²) < 4.78 is 5.26. The van der Waals surface area contributed by atoms with Crippen molar-refractivity contribution in [1.29, 1.82) is 0 Å². The Morgan fingerprint density at radius 2 is 2.28 bits per heavy atom. The van der Waals surface area contributed by atoms with Crippen LogP contribution >= 0.6 is 0 Å². The van der Waals surface area contributed by atoms with Gasteiger partial charge in [-0.2, -0.15) is 5.10 Å². The van der Waals surface area contributed by atoms with Crippen molar-refractivity contribution in [3.05, 3.63) is 36.5 Å². The molecule has 18 heavy (non-hydrogen) atoms. The maximum atomic E-state index is 5.26. The highest BCUT2D eigenvalue weighted by Crippen LogP contribution is 2.27. The maximum absolute atomic E-state index is 5.26. The van der Waals surface area contributed by atoms with Crippen LogP contribution in [0.25, 0.3) is 11.3 Å². The molecule has 1 saturated heterocycles. The number of nitrogens with one attached hydrogen (secondary N) is 2. The van der Waals surface area contributed by atoms with E-state index in [1.165, 1.54) is 0 Å². The minimum absolute atomic E-state index is 0.282. The fourth-order valence-corrected chi connectivity index (χ4v) is 2.08. The Morgan fingerprint density at radius 1 is 1.39 bits per heavy atom. The van der Waals surface area contributed by atoms with Crippen LogP contribution in [0.2, 0.25) is 0 Å². The van der Waals surface area contributed by atoms with Crippen molar-refractivity contribution in [3.63, 3.8) is 0 Å². The minimum Gasteiger partial charge on any atom is -0.384 e. The third kappa shape index (κ3) is 2.24. The van der Waals surface area contributed by atoms with Gasteiger partial charge in [-0.1, -0.05) is 19.1 Å². The number of ether oxygens (including phenoxy) is 1. The highest BCUT2D eigenvalue weighted by molar-refractivity contribution is 5.64. The molecule has 0 bridgehead atoms. The molecule has 1 fully saturated rings. The van der Waals surface area contributed by atoms with E-state index in [1.807, 2.05) is 6.07 Å². The number of rotatable bonds is 4. The topological polar surface area (TPSA) is 49.9 Å². The first kappa shape index (κ1) is 11.3. The predicted octanol–water partition coefficient (Wildman–Crippen LogP) is 2.53. The van der Waals surface area contributed by atoms with Gasteiger partial charge < -0.3 is 10.1 Å². The van der Waals surface area contributed by atoms with Crippen LogP contribution in [0.1, 0.15) is 6.92 Å². The molecule has 0 unspecified atom stereocenters. The number of aromatic amines is 1. The molecule has 0 radical (unpaired) electrons. The fraction of sp³-hybridized carbons (Fsp3) is 0.357. The lowest BCUT2D eigenvalue weighted by atomic mass is 9.88. The van der Waals surface area contributed by atoms with Crippen LogP contribution in [-0.4, -0.2) is 30.0 Å². The second kappa shape index (κ2) is 4.46. The number of nitrogens with zero attached hydrogens (tertiary/aromatic N) is 1. The van der Waals surface area contributed by atoms with Crippen LogP contribution in [-0.2, 0) is 4.74 Å². The van der Waals surface area contributed by atoms with E-state index < -0.39 is 0 Å². The molecule has 2 aromatic rings. The maximum Gasteiger partial charge on any atom is 0.0650 e. The molecule has 0 amide bonds. The van der Waals surface area contributed by atoms with Crippen molar-refractivity contribution < 1.29 is 4.74 Å². The van der Waals surface area contributed by atoms with E-state index >= 15 is 0 Å². The summed E-state index contributed by atoms with van der Waals surface area (Å²) >= 11 is 0. The summed E-state index contributed by atoms with van der Waals surface area (Å²) in [6.07, 6.45) is 1.77. The van der Waals surface area contributed by atoms with Gasteiger partial charge in [-0.3, -0.25) is 5.10 Å². The Bertz CT molecular complexity index is 518. The first-order valence-corrected chi connectivity index (χ1v) is 6.17. The van der Waals surface area contributed by atoms with Gasteiger partial charge in [0, 0.05) is 29.4 Å². The van der Waals surface area contributed by atoms with Crippen LogP contribution < -0.4 is 5.32 Å². The summed E-state index contributed by atoms with van der Waals surface area (Å²) in [5.41, 5.74) is 3.60. The van der Waals surface area contributed by atoms with Crippen molar-refractivity contribution >= 4 is 5.69 Å². The molecule has 94 valence electrons. The zero-order chi connectivity index (χ0) is 12.4. The molecule has 1 aliphatic rings. The van der Waals surface area contributed by atoms with Gasteiger partial charge in [0.1, 0.15) is 0 Å². The Hall–Kier alpha value is -1.81. The van der Waals surface area contributed by atoms with Crippen molar-refractivity contribution in [3.8, 4) is 11.3 Å². The minimum atomic E-state index is 0.282. The molecule has 2 heterocycles. The van der Waals surface area contributed by atoms with Gasteiger partial charge in [-0.25, -0.2) is 0 Å². The van der Waals surface area contributed by atoms with Gasteiger partial charge in [0.2, 0.25) is 0 Å². The predicted molar refractivity (Wildman–Crippen MR) is 71.4 cm³/mol. The second-order valence-corrected chi connectivity index (χ2v) is 5.21. The fourth-order valence-electron chi connectivity index (χ4n) is 2.08. The average molecular weight is 243 g/mol. The third-order valence-electron chi connectivity index (χ3n) is 3.29. The molecule has 0 aliphatic carbocycles. The molecule has 1 aliphatic heterocycles. The van der Waals surface area contributed by atoms with Crippen LogP contribution in [0.5, 0.6) is 0 Å². The zero-order valence-corrected chi connectivity index (χ0v) is 10.4. The Kier molecular flexibility index (Phi) is 2.80. The summed E-state index contributed by atoms with van der Waals surface area (Å²) in [5.74, 6) is 0. The molecular weight excluding hydrogens is 226 g/mol. The lowest BCUT2D eigenvalue weighted by Gasteiger charge is -2.38. The molecule has 1 aromatic carbocycles. The standard InChI is InChI=1S/C14H17N3O/c1-14(9-18-10-14)8-15-12-4-2-3-11(7-12)13-5-6-16-17-13/h2-7,15H,8-10H2,1H3,(H,16,17). The van der Waals surface area contributed by atoms with Crippen LogP contribution in [0.4, 0.5) is 5.69 Å². The number of aromatic nitrogens is 2. The number of H-pyrrole nitrogens is 1. The summed E-state index contributed by atoms with van der Waals surface area (Å²) in [4.78, 5) is 0. The van der Waals surface area contributed by atoms with Gasteiger partial charge in [-0.15, -0.1) is 0 Å². The molecule has 0 spiro atoms. The number of benzene rings is 1. The van der Waals surface area contributed by atoms with E-state index in [0.717, 1.165) is 36.7 Å². The smallest absolute Gasteiger partial charge is 0.0650 e. The lowest BCUT2D eigenvalue weighted by Crippen LogP contribution is -2.45. The number of anilines is 1. The average Bonchev–Trinajstić information content (AvgIpc) is 2.88. The Morgan fingerprint density at radius 3 is 2.94 bits per heavy atom. The van der Waals surface area contributed by atoms with Gasteiger partial charge >= 0.3 is 0 Å². The number of hydrogen-bond acceptors (Lipinski definition) is 3. The number of hydrogen-bond donors (Lipinski definition) is 2. The van der Waals surface area contributed by atoms with Gasteiger partial charge in [0.25, 0.3) is 0 Å². The highest BCUT2D eigenvalue weighted by atomic mass is 16.5. The van der Waals surface area contributed by atoms with E-state index in [2.05, 4.69) is 46.7 Å². The molecular formula is C14H17N3O. The highest BCUT2D eigenvalue weighted by Gasteiger charge is 2.32. The van der Waals surface area contributed by atoms with E-state index in [0.29, 0.717) is 0 Å².